The maximum atomic E-state index is 13.8. The fourth-order valence-corrected chi connectivity index (χ4v) is 5.54. The predicted molar refractivity (Wildman–Crippen MR) is 150 cm³/mol. The maximum absolute atomic E-state index is 13.8. The molecule has 3 aromatic rings. The van der Waals surface area contributed by atoms with E-state index in [2.05, 4.69) is 5.32 Å². The van der Waals surface area contributed by atoms with Crippen molar-refractivity contribution in [2.45, 2.75) is 63.1 Å². The summed E-state index contributed by atoms with van der Waals surface area (Å²) in [6, 6.07) is 10.8. The molecular weight excluding hydrogens is 575 g/mol. The number of nitrogens with one attached hydrogen (secondary N) is 1. The summed E-state index contributed by atoms with van der Waals surface area (Å²) in [5.41, 5.74) is 6.86. The summed E-state index contributed by atoms with van der Waals surface area (Å²) in [4.78, 5) is 38.7. The number of nitrogens with two attached hydrogens (primary N) is 1. The van der Waals surface area contributed by atoms with Gasteiger partial charge in [-0.3, -0.25) is 14.4 Å². The highest BCUT2D eigenvalue weighted by molar-refractivity contribution is 6.30. The number of primary amides is 1. The number of alkyl halides is 3. The van der Waals surface area contributed by atoms with Gasteiger partial charge in [0.25, 0.3) is 5.56 Å². The summed E-state index contributed by atoms with van der Waals surface area (Å²) in [7, 11) is 0. The van der Waals surface area contributed by atoms with Gasteiger partial charge in [0, 0.05) is 53.5 Å². The topological polar surface area (TPSA) is 113 Å². The van der Waals surface area contributed by atoms with Crippen molar-refractivity contribution in [2.24, 2.45) is 5.73 Å². The highest BCUT2D eigenvalue weighted by atomic mass is 35.5. The minimum atomic E-state index is -4.62. The molecule has 12 heteroatoms. The van der Waals surface area contributed by atoms with Gasteiger partial charge in [0.05, 0.1) is 12.7 Å². The number of aromatic nitrogens is 1. The summed E-state index contributed by atoms with van der Waals surface area (Å²) < 4.78 is 53.9. The number of carbonyl (C=O) groups excluding carboxylic acids is 2. The first-order chi connectivity index (χ1) is 20.0. The maximum Gasteiger partial charge on any atom is 0.414 e. The van der Waals surface area contributed by atoms with Crippen LogP contribution < -0.4 is 16.6 Å². The highest BCUT2D eigenvalue weighted by Gasteiger charge is 2.42. The smallest absolute Gasteiger partial charge is 0.378 e. The van der Waals surface area contributed by atoms with Crippen LogP contribution in [0.25, 0.3) is 11.1 Å². The molecule has 3 N–H and O–H groups in total. The Kier molecular flexibility index (Phi) is 8.72. The number of anilines is 1. The number of benzene rings is 2. The molecule has 0 saturated carbocycles. The standard InChI is InChI=1S/C30H29ClF3N3O5/c31-20-7-4-18-11-26(30(32,33)34)42-16-19-15-37(27(38)14-24(19)23(18)12-20)25(13-22-3-1-2-10-41-22)29(40)36-21-8-5-17(6-9-21)28(35)39/h4-9,12,14-15,22,25-26H,1-3,10-11,13,16H2,(H2,35,39)(H,36,40). The molecule has 0 spiro atoms. The molecular formula is C30H29ClF3N3O5. The molecule has 2 amide bonds. The summed E-state index contributed by atoms with van der Waals surface area (Å²) in [5.74, 6) is -1.15. The normalized spacial score (nSPS) is 19.5. The molecule has 8 nitrogen and oxygen atoms in total. The zero-order chi connectivity index (χ0) is 30.0. The summed E-state index contributed by atoms with van der Waals surface area (Å²) in [6.07, 6.45) is -3.38. The first kappa shape index (κ1) is 29.8. The van der Waals surface area contributed by atoms with E-state index in [9.17, 15) is 27.6 Å². The lowest BCUT2D eigenvalue weighted by atomic mass is 9.92. The average molecular weight is 604 g/mol. The molecule has 0 radical (unpaired) electrons. The largest absolute Gasteiger partial charge is 0.414 e. The third kappa shape index (κ3) is 6.69. The van der Waals surface area contributed by atoms with Gasteiger partial charge >= 0.3 is 6.18 Å². The Morgan fingerprint density at radius 3 is 2.45 bits per heavy atom. The third-order valence-electron chi connectivity index (χ3n) is 7.57. The molecule has 1 saturated heterocycles. The number of carbonyl (C=O) groups is 2. The zero-order valence-corrected chi connectivity index (χ0v) is 23.2. The van der Waals surface area contributed by atoms with E-state index in [1.165, 1.54) is 59.3 Å². The molecule has 2 aliphatic rings. The van der Waals surface area contributed by atoms with Crippen LogP contribution in [0, 0.1) is 0 Å². The van der Waals surface area contributed by atoms with Crippen LogP contribution >= 0.6 is 11.6 Å². The molecule has 3 unspecified atom stereocenters. The predicted octanol–water partition coefficient (Wildman–Crippen LogP) is 5.41. The molecule has 0 aliphatic carbocycles. The van der Waals surface area contributed by atoms with Crippen LogP contribution in [0.3, 0.4) is 0 Å². The molecule has 0 bridgehead atoms. The summed E-state index contributed by atoms with van der Waals surface area (Å²) in [5, 5.41) is 3.08. The Morgan fingerprint density at radius 1 is 1.05 bits per heavy atom. The van der Waals surface area contributed by atoms with Crippen molar-refractivity contribution in [1.29, 1.82) is 0 Å². The highest BCUT2D eigenvalue weighted by Crippen LogP contribution is 2.37. The van der Waals surface area contributed by atoms with Crippen molar-refractivity contribution in [3.63, 3.8) is 0 Å². The SMILES string of the molecule is NC(=O)c1ccc(NC(=O)C(CC2CCCCO2)n2cc3c(cc2=O)-c2cc(Cl)ccc2CC(C(F)(F)F)OC3)cc1. The van der Waals surface area contributed by atoms with E-state index >= 15 is 0 Å². The Balaban J connectivity index is 1.55. The molecule has 3 heterocycles. The second-order valence-electron chi connectivity index (χ2n) is 10.5. The monoisotopic (exact) mass is 603 g/mol. The van der Waals surface area contributed by atoms with E-state index in [4.69, 9.17) is 26.8 Å². The quantitative estimate of drug-likeness (QED) is 0.391. The molecule has 222 valence electrons. The van der Waals surface area contributed by atoms with Crippen molar-refractivity contribution >= 4 is 29.1 Å². The van der Waals surface area contributed by atoms with Gasteiger partial charge in [-0.15, -0.1) is 0 Å². The van der Waals surface area contributed by atoms with Gasteiger partial charge in [-0.2, -0.15) is 13.2 Å². The van der Waals surface area contributed by atoms with Gasteiger partial charge in [-0.05, 0) is 72.4 Å². The van der Waals surface area contributed by atoms with E-state index in [0.29, 0.717) is 46.0 Å². The van der Waals surface area contributed by atoms with Gasteiger partial charge in [0.1, 0.15) is 6.04 Å². The minimum absolute atomic E-state index is 0.165. The zero-order valence-electron chi connectivity index (χ0n) is 22.5. The number of hydrogen-bond donors (Lipinski definition) is 2. The average Bonchev–Trinajstić information content (AvgIpc) is 2.94. The number of nitrogens with zero attached hydrogens (tertiary/aromatic N) is 1. The lowest BCUT2D eigenvalue weighted by Crippen LogP contribution is -2.37. The van der Waals surface area contributed by atoms with Crippen molar-refractivity contribution in [3.8, 4) is 11.1 Å². The number of hydrogen-bond acceptors (Lipinski definition) is 5. The number of amides is 2. The van der Waals surface area contributed by atoms with Gasteiger partial charge in [0.2, 0.25) is 11.8 Å². The molecule has 1 aromatic heterocycles. The fraction of sp³-hybridized carbons (Fsp3) is 0.367. The van der Waals surface area contributed by atoms with Crippen LogP contribution in [-0.4, -0.2) is 41.4 Å². The molecule has 2 aromatic carbocycles. The van der Waals surface area contributed by atoms with Gasteiger partial charge in [-0.25, -0.2) is 0 Å². The van der Waals surface area contributed by atoms with Crippen molar-refractivity contribution in [3.05, 3.63) is 86.8 Å². The minimum Gasteiger partial charge on any atom is -0.378 e. The second kappa shape index (κ2) is 12.3. The number of pyridine rings is 1. The van der Waals surface area contributed by atoms with E-state index in [-0.39, 0.29) is 18.1 Å². The first-order valence-electron chi connectivity index (χ1n) is 13.5. The van der Waals surface area contributed by atoms with Crippen LogP contribution in [-0.2, 0) is 27.3 Å². The first-order valence-corrected chi connectivity index (χ1v) is 13.9. The molecule has 42 heavy (non-hydrogen) atoms. The lowest BCUT2D eigenvalue weighted by molar-refractivity contribution is -0.223. The van der Waals surface area contributed by atoms with Crippen LogP contribution in [0.1, 0.15) is 53.2 Å². The second-order valence-corrected chi connectivity index (χ2v) is 10.9. The van der Waals surface area contributed by atoms with Gasteiger partial charge in [0.15, 0.2) is 6.10 Å². The number of ether oxygens (including phenoxy) is 2. The Morgan fingerprint density at radius 2 is 1.79 bits per heavy atom. The lowest BCUT2D eigenvalue weighted by Gasteiger charge is -2.29. The van der Waals surface area contributed by atoms with Crippen LogP contribution in [0.15, 0.2) is 59.5 Å². The fourth-order valence-electron chi connectivity index (χ4n) is 5.37. The van der Waals surface area contributed by atoms with Crippen molar-refractivity contribution < 1.29 is 32.2 Å². The van der Waals surface area contributed by atoms with Crippen molar-refractivity contribution in [2.75, 3.05) is 11.9 Å². The number of fused-ring (bicyclic) bond motifs is 3. The van der Waals surface area contributed by atoms with Crippen LogP contribution in [0.2, 0.25) is 5.02 Å². The van der Waals surface area contributed by atoms with Crippen molar-refractivity contribution in [1.82, 2.24) is 4.57 Å². The van der Waals surface area contributed by atoms with E-state index in [0.717, 1.165) is 12.8 Å². The number of halogens is 4. The molecule has 5 rings (SSSR count). The third-order valence-corrected chi connectivity index (χ3v) is 7.81. The van der Waals surface area contributed by atoms with E-state index in [1.54, 1.807) is 0 Å². The number of rotatable bonds is 6. The summed E-state index contributed by atoms with van der Waals surface area (Å²) in [6.45, 7) is 0.0888. The van der Waals surface area contributed by atoms with E-state index < -0.39 is 48.7 Å². The molecule has 3 atom stereocenters. The Labute approximate surface area is 244 Å². The Hall–Kier alpha value is -3.67. The van der Waals surface area contributed by atoms with Gasteiger partial charge < -0.3 is 25.1 Å². The van der Waals surface area contributed by atoms with Gasteiger partial charge in [-0.1, -0.05) is 17.7 Å². The van der Waals surface area contributed by atoms with E-state index in [1.807, 2.05) is 0 Å². The van der Waals surface area contributed by atoms with Crippen LogP contribution in [0.4, 0.5) is 18.9 Å². The molecule has 1 fully saturated rings. The van der Waals surface area contributed by atoms with Crippen LogP contribution in [0.5, 0.6) is 0 Å². The summed E-state index contributed by atoms with van der Waals surface area (Å²) >= 11 is 6.21. The Bertz CT molecular complexity index is 1530. The molecule has 2 aliphatic heterocycles.